The van der Waals surface area contributed by atoms with Gasteiger partial charge in [0.1, 0.15) is 5.75 Å². The molecule has 0 amide bonds. The van der Waals surface area contributed by atoms with Crippen LogP contribution in [-0.2, 0) is 11.3 Å². The molecule has 1 rings (SSSR count). The second-order valence-corrected chi connectivity index (χ2v) is 4.92. The van der Waals surface area contributed by atoms with E-state index in [2.05, 4.69) is 13.5 Å². The zero-order chi connectivity index (χ0) is 14.8. The molecular formula is C17H26O3. The van der Waals surface area contributed by atoms with Crippen LogP contribution >= 0.6 is 0 Å². The van der Waals surface area contributed by atoms with Gasteiger partial charge < -0.3 is 14.6 Å². The lowest BCUT2D eigenvalue weighted by Crippen LogP contribution is -2.27. The van der Waals surface area contributed by atoms with E-state index < -0.39 is 6.10 Å². The van der Waals surface area contributed by atoms with Crippen molar-refractivity contribution in [3.8, 4) is 5.75 Å². The van der Waals surface area contributed by atoms with Crippen molar-refractivity contribution in [3.05, 3.63) is 42.5 Å². The molecule has 0 radical (unpaired) electrons. The molecule has 20 heavy (non-hydrogen) atoms. The van der Waals surface area contributed by atoms with Crippen LogP contribution in [0, 0.1) is 0 Å². The molecule has 0 aliphatic rings. The predicted octanol–water partition coefficient (Wildman–Crippen LogP) is 3.71. The molecule has 1 N–H and O–H groups in total. The minimum absolute atomic E-state index is 0.179. The molecule has 0 aliphatic carbocycles. The van der Waals surface area contributed by atoms with Crippen molar-refractivity contribution in [1.82, 2.24) is 0 Å². The highest BCUT2D eigenvalue weighted by Crippen LogP contribution is 2.16. The van der Waals surface area contributed by atoms with Crippen molar-refractivity contribution in [2.24, 2.45) is 0 Å². The van der Waals surface area contributed by atoms with Crippen LogP contribution in [0.2, 0.25) is 0 Å². The lowest BCUT2D eigenvalue weighted by molar-refractivity contribution is -0.0319. The Hall–Kier alpha value is -1.32. The Morgan fingerprint density at radius 1 is 1.25 bits per heavy atom. The van der Waals surface area contributed by atoms with E-state index in [-0.39, 0.29) is 6.10 Å². The van der Waals surface area contributed by atoms with Gasteiger partial charge in [-0.2, -0.15) is 0 Å². The third-order valence-electron chi connectivity index (χ3n) is 3.34. The second-order valence-electron chi connectivity index (χ2n) is 4.92. The third-order valence-corrected chi connectivity index (χ3v) is 3.34. The highest BCUT2D eigenvalue weighted by Gasteiger charge is 2.16. The van der Waals surface area contributed by atoms with Gasteiger partial charge in [0.15, 0.2) is 0 Å². The number of unbranched alkanes of at least 4 members (excludes halogenated alkanes) is 2. The Labute approximate surface area is 122 Å². The first-order valence-corrected chi connectivity index (χ1v) is 7.26. The number of aliphatic hydroxyl groups excluding tert-OH is 1. The largest absolute Gasteiger partial charge is 0.497 e. The van der Waals surface area contributed by atoms with Crippen LogP contribution in [0.4, 0.5) is 0 Å². The number of rotatable bonds is 10. The molecule has 112 valence electrons. The van der Waals surface area contributed by atoms with E-state index in [1.54, 1.807) is 13.2 Å². The number of hydrogen-bond acceptors (Lipinski definition) is 3. The quantitative estimate of drug-likeness (QED) is 0.524. The van der Waals surface area contributed by atoms with Crippen molar-refractivity contribution in [2.75, 3.05) is 7.11 Å². The van der Waals surface area contributed by atoms with E-state index in [9.17, 15) is 5.11 Å². The lowest BCUT2D eigenvalue weighted by Gasteiger charge is -2.21. The van der Waals surface area contributed by atoms with Gasteiger partial charge in [0, 0.05) is 0 Å². The molecule has 0 saturated carbocycles. The SMILES string of the molecule is C=C[C@@H](O)[C@H](CCCCC)OCc1ccc(OC)cc1. The lowest BCUT2D eigenvalue weighted by atomic mass is 10.1. The average molecular weight is 278 g/mol. The number of benzene rings is 1. The zero-order valence-corrected chi connectivity index (χ0v) is 12.5. The first-order valence-electron chi connectivity index (χ1n) is 7.26. The summed E-state index contributed by atoms with van der Waals surface area (Å²) in [5.41, 5.74) is 1.07. The van der Waals surface area contributed by atoms with Crippen molar-refractivity contribution in [2.45, 2.75) is 51.4 Å². The van der Waals surface area contributed by atoms with E-state index in [1.165, 1.54) is 0 Å². The highest BCUT2D eigenvalue weighted by molar-refractivity contribution is 5.26. The molecule has 0 aromatic heterocycles. The van der Waals surface area contributed by atoms with Gasteiger partial charge in [-0.25, -0.2) is 0 Å². The second kappa shape index (κ2) is 9.56. The van der Waals surface area contributed by atoms with Crippen molar-refractivity contribution in [1.29, 1.82) is 0 Å². The molecule has 0 bridgehead atoms. The minimum Gasteiger partial charge on any atom is -0.497 e. The van der Waals surface area contributed by atoms with Crippen LogP contribution in [0.15, 0.2) is 36.9 Å². The van der Waals surface area contributed by atoms with Crippen LogP contribution < -0.4 is 4.74 Å². The van der Waals surface area contributed by atoms with Gasteiger partial charge in [0.25, 0.3) is 0 Å². The molecule has 1 aromatic carbocycles. The Bertz CT molecular complexity index is 372. The first kappa shape index (κ1) is 16.7. The topological polar surface area (TPSA) is 38.7 Å². The van der Waals surface area contributed by atoms with E-state index >= 15 is 0 Å². The van der Waals surface area contributed by atoms with Gasteiger partial charge in [-0.1, -0.05) is 44.4 Å². The van der Waals surface area contributed by atoms with E-state index in [0.29, 0.717) is 6.61 Å². The van der Waals surface area contributed by atoms with Crippen LogP contribution in [0.5, 0.6) is 5.75 Å². The number of hydrogen-bond donors (Lipinski definition) is 1. The van der Waals surface area contributed by atoms with Crippen molar-refractivity contribution < 1.29 is 14.6 Å². The Morgan fingerprint density at radius 2 is 1.95 bits per heavy atom. The van der Waals surface area contributed by atoms with Gasteiger partial charge in [0.2, 0.25) is 0 Å². The summed E-state index contributed by atoms with van der Waals surface area (Å²) in [6, 6.07) is 7.77. The van der Waals surface area contributed by atoms with Crippen molar-refractivity contribution in [3.63, 3.8) is 0 Å². The summed E-state index contributed by atoms with van der Waals surface area (Å²) >= 11 is 0. The molecule has 3 nitrogen and oxygen atoms in total. The highest BCUT2D eigenvalue weighted by atomic mass is 16.5. The monoisotopic (exact) mass is 278 g/mol. The van der Waals surface area contributed by atoms with Gasteiger partial charge in [-0.3, -0.25) is 0 Å². The molecule has 0 spiro atoms. The molecule has 0 aliphatic heterocycles. The smallest absolute Gasteiger partial charge is 0.118 e. The predicted molar refractivity (Wildman–Crippen MR) is 81.9 cm³/mol. The summed E-state index contributed by atoms with van der Waals surface area (Å²) in [6.45, 7) is 6.30. The normalized spacial score (nSPS) is 13.8. The van der Waals surface area contributed by atoms with Crippen molar-refractivity contribution >= 4 is 0 Å². The molecule has 1 aromatic rings. The molecule has 3 heteroatoms. The summed E-state index contributed by atoms with van der Waals surface area (Å²) in [5.74, 6) is 0.833. The van der Waals surface area contributed by atoms with Crippen LogP contribution in [0.1, 0.15) is 38.2 Å². The molecule has 0 saturated heterocycles. The Kier molecular flexibility index (Phi) is 8.00. The van der Waals surface area contributed by atoms with Gasteiger partial charge >= 0.3 is 0 Å². The number of ether oxygens (including phenoxy) is 2. The van der Waals surface area contributed by atoms with Gasteiger partial charge in [-0.15, -0.1) is 6.58 Å². The number of aliphatic hydroxyl groups is 1. The first-order chi connectivity index (χ1) is 9.71. The fourth-order valence-corrected chi connectivity index (χ4v) is 2.03. The van der Waals surface area contributed by atoms with E-state index in [4.69, 9.17) is 9.47 Å². The molecule has 0 heterocycles. The molecule has 2 atom stereocenters. The summed E-state index contributed by atoms with van der Waals surface area (Å²) < 4.78 is 11.0. The fraction of sp³-hybridized carbons (Fsp3) is 0.529. The summed E-state index contributed by atoms with van der Waals surface area (Å²) in [4.78, 5) is 0. The summed E-state index contributed by atoms with van der Waals surface area (Å²) in [6.07, 6.45) is 5.00. The molecular weight excluding hydrogens is 252 g/mol. The van der Waals surface area contributed by atoms with Gasteiger partial charge in [0.05, 0.1) is 25.9 Å². The average Bonchev–Trinajstić information content (AvgIpc) is 2.50. The maximum atomic E-state index is 9.91. The van der Waals surface area contributed by atoms with Gasteiger partial charge in [-0.05, 0) is 24.1 Å². The van der Waals surface area contributed by atoms with Crippen LogP contribution in [0.3, 0.4) is 0 Å². The maximum Gasteiger partial charge on any atom is 0.118 e. The Balaban J connectivity index is 2.48. The molecule has 0 fully saturated rings. The minimum atomic E-state index is -0.606. The zero-order valence-electron chi connectivity index (χ0n) is 12.5. The summed E-state index contributed by atoms with van der Waals surface area (Å²) in [5, 5.41) is 9.91. The Morgan fingerprint density at radius 3 is 2.50 bits per heavy atom. The number of methoxy groups -OCH3 is 1. The summed E-state index contributed by atoms with van der Waals surface area (Å²) in [7, 11) is 1.65. The molecule has 0 unspecified atom stereocenters. The van der Waals surface area contributed by atoms with Crippen LogP contribution in [-0.4, -0.2) is 24.4 Å². The van der Waals surface area contributed by atoms with E-state index in [0.717, 1.165) is 37.0 Å². The third kappa shape index (κ3) is 5.76. The van der Waals surface area contributed by atoms with E-state index in [1.807, 2.05) is 24.3 Å². The van der Waals surface area contributed by atoms with Crippen LogP contribution in [0.25, 0.3) is 0 Å². The fourth-order valence-electron chi connectivity index (χ4n) is 2.03. The maximum absolute atomic E-state index is 9.91. The standard InChI is InChI=1S/C17H26O3/c1-4-6-7-8-17(16(18)5-2)20-13-14-9-11-15(19-3)12-10-14/h5,9-12,16-18H,2,4,6-8,13H2,1,3H3/t16-,17+/m1/s1.